The molecule has 3 atom stereocenters. The average Bonchev–Trinajstić information content (AvgIpc) is 2.75. The highest BCUT2D eigenvalue weighted by Gasteiger charge is 2.27. The van der Waals surface area contributed by atoms with Crippen LogP contribution in [0, 0.1) is 5.92 Å². The molecule has 0 bridgehead atoms. The number of rotatable bonds is 10. The van der Waals surface area contributed by atoms with E-state index in [1.165, 1.54) is 0 Å². The number of hydrogen-bond donors (Lipinski definition) is 4. The zero-order valence-corrected chi connectivity index (χ0v) is 21.9. The number of anilines is 1. The van der Waals surface area contributed by atoms with Crippen LogP contribution in [-0.4, -0.2) is 35.9 Å². The molecular formula is C22H31Cl4N5O2. The largest absolute Gasteiger partial charge is 0.384 e. The Bertz CT molecular complexity index is 899. The SMILES string of the molecule is CCC(C)[C@@H](NC)C(=O)N[C@@H](Cc1ccc(Cl)c(Cl)c1)C(=O)NCc1ccc(N)nc1.Cl.Cl. The normalized spacial score (nSPS) is 13.0. The number of halogens is 4. The van der Waals surface area contributed by atoms with Crippen LogP contribution >= 0.6 is 48.0 Å². The van der Waals surface area contributed by atoms with E-state index in [9.17, 15) is 9.59 Å². The number of amides is 2. The summed E-state index contributed by atoms with van der Waals surface area (Å²) in [6.07, 6.45) is 2.69. The monoisotopic (exact) mass is 537 g/mol. The minimum atomic E-state index is -0.786. The molecule has 0 aliphatic carbocycles. The summed E-state index contributed by atoms with van der Waals surface area (Å²) in [5.41, 5.74) is 7.19. The first-order valence-corrected chi connectivity index (χ1v) is 10.9. The van der Waals surface area contributed by atoms with Crippen molar-refractivity contribution in [3.63, 3.8) is 0 Å². The fourth-order valence-electron chi connectivity index (χ4n) is 3.14. The lowest BCUT2D eigenvalue weighted by Crippen LogP contribution is -2.54. The molecule has 1 aromatic heterocycles. The van der Waals surface area contributed by atoms with Crippen LogP contribution in [0.4, 0.5) is 5.82 Å². The zero-order chi connectivity index (χ0) is 23.0. The predicted molar refractivity (Wildman–Crippen MR) is 139 cm³/mol. The summed E-state index contributed by atoms with van der Waals surface area (Å²) in [7, 11) is 1.73. The molecule has 7 nitrogen and oxygen atoms in total. The Labute approximate surface area is 217 Å². The standard InChI is InChI=1S/C22H29Cl2N5O2.2ClH/c1-4-13(2)20(26-3)22(31)29-18(10-14-5-7-16(23)17(24)9-14)21(30)28-12-15-6-8-19(25)27-11-15;;/h5-9,11,13,18,20,26H,4,10,12H2,1-3H3,(H2,25,27)(H,28,30)(H,29,31);2*1H/t13?,18-,20+;;/m0../s1. The van der Waals surface area contributed by atoms with Crippen molar-refractivity contribution in [2.24, 2.45) is 5.92 Å². The molecular weight excluding hydrogens is 508 g/mol. The van der Waals surface area contributed by atoms with Crippen molar-refractivity contribution in [1.82, 2.24) is 20.9 Å². The minimum absolute atomic E-state index is 0. The molecule has 11 heteroatoms. The molecule has 2 amide bonds. The Hall–Kier alpha value is -1.77. The lowest BCUT2D eigenvalue weighted by Gasteiger charge is -2.25. The van der Waals surface area contributed by atoms with Crippen LogP contribution in [0.1, 0.15) is 31.4 Å². The molecule has 0 fully saturated rings. The van der Waals surface area contributed by atoms with Crippen LogP contribution in [0.3, 0.4) is 0 Å². The van der Waals surface area contributed by atoms with E-state index in [2.05, 4.69) is 20.9 Å². The Kier molecular flexibility index (Phi) is 14.4. The number of carbonyl (C=O) groups is 2. The maximum absolute atomic E-state index is 13.0. The van der Waals surface area contributed by atoms with E-state index in [1.54, 1.807) is 43.6 Å². The van der Waals surface area contributed by atoms with Gasteiger partial charge in [0.2, 0.25) is 11.8 Å². The first-order chi connectivity index (χ1) is 14.7. The van der Waals surface area contributed by atoms with Crippen molar-refractivity contribution < 1.29 is 9.59 Å². The third-order valence-corrected chi connectivity index (χ3v) is 5.92. The third kappa shape index (κ3) is 9.55. The van der Waals surface area contributed by atoms with Gasteiger partial charge in [0.15, 0.2) is 0 Å². The molecule has 0 radical (unpaired) electrons. The van der Waals surface area contributed by atoms with Crippen LogP contribution in [0.25, 0.3) is 0 Å². The highest BCUT2D eigenvalue weighted by Crippen LogP contribution is 2.23. The Balaban J connectivity index is 0.00000512. The molecule has 1 heterocycles. The number of nitrogens with zero attached hydrogens (tertiary/aromatic N) is 1. The molecule has 184 valence electrons. The fraction of sp³-hybridized carbons (Fsp3) is 0.409. The summed E-state index contributed by atoms with van der Waals surface area (Å²) in [6.45, 7) is 4.27. The number of carbonyl (C=O) groups excluding carboxylic acids is 2. The molecule has 0 saturated carbocycles. The summed E-state index contributed by atoms with van der Waals surface area (Å²) in [5.74, 6) is -0.0241. The van der Waals surface area contributed by atoms with Gasteiger partial charge >= 0.3 is 0 Å². The number of aromatic nitrogens is 1. The summed E-state index contributed by atoms with van der Waals surface area (Å²) >= 11 is 12.1. The Morgan fingerprint density at radius 2 is 1.73 bits per heavy atom. The van der Waals surface area contributed by atoms with Crippen molar-refractivity contribution in [3.05, 3.63) is 57.7 Å². The summed E-state index contributed by atoms with van der Waals surface area (Å²) in [5, 5.41) is 9.60. The zero-order valence-electron chi connectivity index (χ0n) is 18.7. The minimum Gasteiger partial charge on any atom is -0.384 e. The molecule has 0 aliphatic rings. The molecule has 1 aromatic carbocycles. The van der Waals surface area contributed by atoms with Crippen LogP contribution in [0.2, 0.25) is 10.0 Å². The van der Waals surface area contributed by atoms with Crippen molar-refractivity contribution in [3.8, 4) is 0 Å². The Morgan fingerprint density at radius 1 is 1.06 bits per heavy atom. The maximum Gasteiger partial charge on any atom is 0.243 e. The van der Waals surface area contributed by atoms with Gasteiger partial charge in [-0.1, -0.05) is 55.6 Å². The number of pyridine rings is 1. The number of nitrogens with one attached hydrogen (secondary N) is 3. The van der Waals surface area contributed by atoms with Crippen LogP contribution in [0.5, 0.6) is 0 Å². The summed E-state index contributed by atoms with van der Waals surface area (Å²) < 4.78 is 0. The summed E-state index contributed by atoms with van der Waals surface area (Å²) in [6, 6.07) is 7.42. The van der Waals surface area contributed by atoms with Gasteiger partial charge in [-0.2, -0.15) is 0 Å². The molecule has 33 heavy (non-hydrogen) atoms. The van der Waals surface area contributed by atoms with E-state index >= 15 is 0 Å². The second kappa shape index (κ2) is 15.2. The third-order valence-electron chi connectivity index (χ3n) is 5.18. The van der Waals surface area contributed by atoms with Gasteiger partial charge in [-0.15, -0.1) is 24.8 Å². The van der Waals surface area contributed by atoms with E-state index in [1.807, 2.05) is 13.8 Å². The van der Waals surface area contributed by atoms with Crippen molar-refractivity contribution >= 4 is 65.6 Å². The van der Waals surface area contributed by atoms with Gasteiger partial charge in [0.1, 0.15) is 11.9 Å². The second-order valence-corrected chi connectivity index (χ2v) is 8.29. The van der Waals surface area contributed by atoms with Crippen LogP contribution in [0.15, 0.2) is 36.5 Å². The van der Waals surface area contributed by atoms with Gasteiger partial charge < -0.3 is 21.7 Å². The van der Waals surface area contributed by atoms with Gasteiger partial charge in [0.25, 0.3) is 0 Å². The number of hydrogen-bond acceptors (Lipinski definition) is 5. The van der Waals surface area contributed by atoms with Gasteiger partial charge in [-0.05, 0) is 42.3 Å². The molecule has 1 unspecified atom stereocenters. The first-order valence-electron chi connectivity index (χ1n) is 10.1. The van der Waals surface area contributed by atoms with Crippen LogP contribution < -0.4 is 21.7 Å². The number of benzene rings is 1. The van der Waals surface area contributed by atoms with E-state index < -0.39 is 12.1 Å². The Morgan fingerprint density at radius 3 is 2.27 bits per heavy atom. The highest BCUT2D eigenvalue weighted by molar-refractivity contribution is 6.42. The van der Waals surface area contributed by atoms with E-state index in [0.717, 1.165) is 17.5 Å². The predicted octanol–water partition coefficient (Wildman–Crippen LogP) is 3.79. The van der Waals surface area contributed by atoms with E-state index in [0.29, 0.717) is 15.9 Å². The van der Waals surface area contributed by atoms with Crippen molar-refractivity contribution in [1.29, 1.82) is 0 Å². The van der Waals surface area contributed by atoms with Gasteiger partial charge in [0.05, 0.1) is 16.1 Å². The summed E-state index contributed by atoms with van der Waals surface area (Å²) in [4.78, 5) is 29.9. The molecule has 0 saturated heterocycles. The quantitative estimate of drug-likeness (QED) is 0.368. The first kappa shape index (κ1) is 31.2. The van der Waals surface area contributed by atoms with E-state index in [-0.39, 0.29) is 55.5 Å². The topological polar surface area (TPSA) is 109 Å². The van der Waals surface area contributed by atoms with Crippen molar-refractivity contribution in [2.45, 2.75) is 45.3 Å². The molecule has 5 N–H and O–H groups in total. The van der Waals surface area contributed by atoms with Gasteiger partial charge in [0, 0.05) is 19.2 Å². The number of nitrogens with two attached hydrogens (primary N) is 1. The molecule has 0 aliphatic heterocycles. The maximum atomic E-state index is 13.0. The number of nitrogen functional groups attached to an aromatic ring is 1. The van der Waals surface area contributed by atoms with E-state index in [4.69, 9.17) is 28.9 Å². The highest BCUT2D eigenvalue weighted by atomic mass is 35.5. The number of likely N-dealkylation sites (N-methyl/N-ethyl adjacent to an activating group) is 1. The molecule has 2 rings (SSSR count). The molecule has 2 aromatic rings. The lowest BCUT2D eigenvalue weighted by atomic mass is 9.97. The van der Waals surface area contributed by atoms with Crippen molar-refractivity contribution in [2.75, 3.05) is 12.8 Å². The fourth-order valence-corrected chi connectivity index (χ4v) is 3.46. The lowest BCUT2D eigenvalue weighted by molar-refractivity contribution is -0.130. The second-order valence-electron chi connectivity index (χ2n) is 7.47. The van der Waals surface area contributed by atoms with Gasteiger partial charge in [-0.25, -0.2) is 4.98 Å². The van der Waals surface area contributed by atoms with Gasteiger partial charge in [-0.3, -0.25) is 9.59 Å². The average molecular weight is 539 g/mol. The van der Waals surface area contributed by atoms with Crippen LogP contribution in [-0.2, 0) is 22.6 Å². The molecule has 0 spiro atoms. The smallest absolute Gasteiger partial charge is 0.243 e.